The predicted molar refractivity (Wildman–Crippen MR) is 171 cm³/mol. The minimum absolute atomic E-state index is 0.0485. The number of piperidine rings is 1. The number of phenolic OH excluding ortho intramolecular Hbond substituents is 1. The first-order chi connectivity index (χ1) is 22.0. The normalized spacial score (nSPS) is 22.1. The second-order valence-corrected chi connectivity index (χ2v) is 13.4. The maximum Gasteiger partial charge on any atom is 0.257 e. The molecule has 13 nitrogen and oxygen atoms in total. The van der Waals surface area contributed by atoms with Crippen LogP contribution in [0.15, 0.2) is 35.4 Å². The van der Waals surface area contributed by atoms with E-state index in [9.17, 15) is 24.3 Å². The van der Waals surface area contributed by atoms with Gasteiger partial charge in [0.1, 0.15) is 23.4 Å². The molecule has 46 heavy (non-hydrogen) atoms. The molecule has 7 rings (SSSR count). The van der Waals surface area contributed by atoms with Crippen LogP contribution in [0.2, 0.25) is 0 Å². The Morgan fingerprint density at radius 2 is 1.87 bits per heavy atom. The fourth-order valence-corrected chi connectivity index (χ4v) is 7.77. The Bertz CT molecular complexity index is 1790. The van der Waals surface area contributed by atoms with Crippen LogP contribution in [0.1, 0.15) is 31.2 Å². The third-order valence-corrected chi connectivity index (χ3v) is 10.2. The highest BCUT2D eigenvalue weighted by molar-refractivity contribution is 6.02. The number of phenols is 1. The number of pyridine rings is 2. The fraction of sp³-hybridized carbons (Fsp3) is 0.485. The summed E-state index contributed by atoms with van der Waals surface area (Å²) < 4.78 is 5.76. The van der Waals surface area contributed by atoms with E-state index in [0.717, 1.165) is 60.4 Å². The molecule has 242 valence electrons. The van der Waals surface area contributed by atoms with Crippen molar-refractivity contribution in [2.24, 2.45) is 5.41 Å². The van der Waals surface area contributed by atoms with Gasteiger partial charge in [0, 0.05) is 88.2 Å². The Hall–Kier alpha value is -4.49. The van der Waals surface area contributed by atoms with E-state index in [-0.39, 0.29) is 40.9 Å². The lowest BCUT2D eigenvalue weighted by molar-refractivity contribution is -0.155. The Labute approximate surface area is 266 Å². The molecule has 3 aromatic rings. The zero-order valence-corrected chi connectivity index (χ0v) is 26.3. The second-order valence-electron chi connectivity index (χ2n) is 13.4. The first-order valence-corrected chi connectivity index (χ1v) is 15.7. The van der Waals surface area contributed by atoms with Crippen molar-refractivity contribution >= 4 is 34.3 Å². The molecule has 3 aliphatic heterocycles. The van der Waals surface area contributed by atoms with Crippen molar-refractivity contribution in [2.45, 2.75) is 44.3 Å². The van der Waals surface area contributed by atoms with E-state index in [1.165, 1.54) is 0 Å². The van der Waals surface area contributed by atoms with Gasteiger partial charge in [0.05, 0.1) is 19.0 Å². The van der Waals surface area contributed by atoms with Gasteiger partial charge in [-0.2, -0.15) is 0 Å². The van der Waals surface area contributed by atoms with E-state index >= 15 is 0 Å². The van der Waals surface area contributed by atoms with E-state index < -0.39 is 6.04 Å². The van der Waals surface area contributed by atoms with Gasteiger partial charge in [-0.05, 0) is 48.4 Å². The number of piperazine rings is 1. The topological polar surface area (TPSA) is 151 Å². The number of aromatic hydroxyl groups is 1. The summed E-state index contributed by atoms with van der Waals surface area (Å²) in [4.78, 5) is 64.5. The number of amides is 3. The number of nitrogens with zero attached hydrogens (tertiary/aromatic N) is 5. The van der Waals surface area contributed by atoms with Crippen LogP contribution >= 0.6 is 0 Å². The number of carbonyl (C=O) groups is 3. The van der Waals surface area contributed by atoms with Crippen LogP contribution in [-0.4, -0.2) is 114 Å². The largest absolute Gasteiger partial charge is 0.507 e. The molecule has 4 fully saturated rings. The van der Waals surface area contributed by atoms with Crippen LogP contribution in [0, 0.1) is 5.41 Å². The number of fused-ring (bicyclic) bond motifs is 1. The highest BCUT2D eigenvalue weighted by Gasteiger charge is 2.54. The SMILES string of the molecule is COc1cc(-c2c[nH]c(=O)c3cnc(N(C)C)cc23)cc(O)c1CN1CC2(CC(N3CCN(C4CCC(=O)NC4=O)C(=O)C3)C2)C1. The van der Waals surface area contributed by atoms with E-state index in [0.29, 0.717) is 43.2 Å². The number of hydrogen-bond donors (Lipinski definition) is 3. The average Bonchev–Trinajstić information content (AvgIpc) is 2.98. The Balaban J connectivity index is 0.984. The van der Waals surface area contributed by atoms with Crippen molar-refractivity contribution in [1.29, 1.82) is 0 Å². The zero-order chi connectivity index (χ0) is 32.3. The number of likely N-dealkylation sites (tertiary alicyclic amines) is 1. The van der Waals surface area contributed by atoms with Crippen molar-refractivity contribution in [3.63, 3.8) is 0 Å². The van der Waals surface area contributed by atoms with Gasteiger partial charge >= 0.3 is 0 Å². The molecule has 1 aromatic carbocycles. The number of anilines is 1. The number of benzene rings is 1. The van der Waals surface area contributed by atoms with Crippen LogP contribution < -0.4 is 20.5 Å². The van der Waals surface area contributed by atoms with Gasteiger partial charge in [-0.3, -0.25) is 34.3 Å². The van der Waals surface area contributed by atoms with Gasteiger partial charge in [-0.25, -0.2) is 4.98 Å². The minimum Gasteiger partial charge on any atom is -0.507 e. The maximum atomic E-state index is 13.0. The number of aromatic nitrogens is 2. The molecule has 4 aliphatic rings. The number of ether oxygens (including phenoxy) is 1. The Morgan fingerprint density at radius 1 is 1.09 bits per heavy atom. The van der Waals surface area contributed by atoms with Crippen molar-refractivity contribution in [3.05, 3.63) is 46.5 Å². The first-order valence-electron chi connectivity index (χ1n) is 15.7. The monoisotopic (exact) mass is 629 g/mol. The van der Waals surface area contributed by atoms with Gasteiger partial charge in [0.25, 0.3) is 5.56 Å². The molecule has 1 spiro atoms. The van der Waals surface area contributed by atoms with Crippen LogP contribution in [0.3, 0.4) is 0 Å². The fourth-order valence-electron chi connectivity index (χ4n) is 7.77. The number of aromatic amines is 1. The van der Waals surface area contributed by atoms with Gasteiger partial charge < -0.3 is 24.6 Å². The summed E-state index contributed by atoms with van der Waals surface area (Å²) in [7, 11) is 5.38. The summed E-state index contributed by atoms with van der Waals surface area (Å²) in [6.45, 7) is 3.89. The smallest absolute Gasteiger partial charge is 0.257 e. The van der Waals surface area contributed by atoms with Crippen molar-refractivity contribution in [2.75, 3.05) is 58.8 Å². The summed E-state index contributed by atoms with van der Waals surface area (Å²) in [6, 6.07) is 5.29. The third kappa shape index (κ3) is 5.26. The molecule has 13 heteroatoms. The van der Waals surface area contributed by atoms with Gasteiger partial charge in [0.2, 0.25) is 17.7 Å². The molecule has 3 N–H and O–H groups in total. The van der Waals surface area contributed by atoms with Gasteiger partial charge in [-0.1, -0.05) is 0 Å². The van der Waals surface area contributed by atoms with Gasteiger partial charge in [0.15, 0.2) is 0 Å². The second kappa shape index (κ2) is 11.4. The molecule has 2 aromatic heterocycles. The molecule has 0 radical (unpaired) electrons. The summed E-state index contributed by atoms with van der Waals surface area (Å²) in [5, 5.41) is 14.8. The number of imide groups is 1. The Morgan fingerprint density at radius 3 is 2.57 bits per heavy atom. The lowest BCUT2D eigenvalue weighted by Gasteiger charge is -2.61. The summed E-state index contributed by atoms with van der Waals surface area (Å²) in [6.07, 6.45) is 5.91. The molecule has 3 amide bonds. The molecule has 3 saturated heterocycles. The Kier molecular flexibility index (Phi) is 7.47. The van der Waals surface area contributed by atoms with E-state index in [2.05, 4.69) is 25.1 Å². The molecule has 0 bridgehead atoms. The quantitative estimate of drug-likeness (QED) is 0.326. The lowest BCUT2D eigenvalue weighted by Crippen LogP contribution is -2.68. The van der Waals surface area contributed by atoms with Crippen LogP contribution in [0.5, 0.6) is 11.5 Å². The van der Waals surface area contributed by atoms with Crippen LogP contribution in [0.4, 0.5) is 5.82 Å². The number of H-pyrrole nitrogens is 1. The third-order valence-electron chi connectivity index (χ3n) is 10.2. The lowest BCUT2D eigenvalue weighted by atomic mass is 9.60. The molecule has 1 aliphatic carbocycles. The first kappa shape index (κ1) is 30.2. The van der Waals surface area contributed by atoms with Crippen molar-refractivity contribution < 1.29 is 24.2 Å². The standard InChI is InChI=1S/C33H39N7O6/c1-37(2)28-10-21-22(13-35-31(44)23(21)14-34-28)19-8-26(41)24(27(9-19)46-3)15-38-17-33(18-38)11-20(12-33)39-6-7-40(30(43)16-39)25-4-5-29(42)36-32(25)45/h8-10,13-14,20,25,41H,4-7,11-12,15-18H2,1-3H3,(H,35,44)(H,36,42,45). The molecule has 5 heterocycles. The van der Waals surface area contributed by atoms with Crippen molar-refractivity contribution in [1.82, 2.24) is 30.0 Å². The minimum atomic E-state index is -0.549. The van der Waals surface area contributed by atoms with Gasteiger partial charge in [-0.15, -0.1) is 0 Å². The number of hydrogen-bond acceptors (Lipinski definition) is 10. The number of rotatable bonds is 7. The predicted octanol–water partition coefficient (Wildman–Crippen LogP) is 1.28. The van der Waals surface area contributed by atoms with Crippen molar-refractivity contribution in [3.8, 4) is 22.6 Å². The molecular weight excluding hydrogens is 590 g/mol. The average molecular weight is 630 g/mol. The highest BCUT2D eigenvalue weighted by Crippen LogP contribution is 2.51. The summed E-state index contributed by atoms with van der Waals surface area (Å²) >= 11 is 0. The number of nitrogens with one attached hydrogen (secondary N) is 2. The highest BCUT2D eigenvalue weighted by atomic mass is 16.5. The zero-order valence-electron chi connectivity index (χ0n) is 26.3. The van der Waals surface area contributed by atoms with Crippen LogP contribution in [-0.2, 0) is 20.9 Å². The van der Waals surface area contributed by atoms with Crippen LogP contribution in [0.25, 0.3) is 21.9 Å². The molecular formula is C33H39N7O6. The molecule has 1 saturated carbocycles. The molecule has 1 unspecified atom stereocenters. The van der Waals surface area contributed by atoms with E-state index in [1.807, 2.05) is 31.1 Å². The maximum absolute atomic E-state index is 13.0. The molecule has 1 atom stereocenters. The summed E-state index contributed by atoms with van der Waals surface area (Å²) in [5.74, 6) is 0.745. The van der Waals surface area contributed by atoms with E-state index in [4.69, 9.17) is 4.74 Å². The summed E-state index contributed by atoms with van der Waals surface area (Å²) in [5.41, 5.74) is 2.20. The van der Waals surface area contributed by atoms with E-state index in [1.54, 1.807) is 30.5 Å². The number of methoxy groups -OCH3 is 1. The number of carbonyl (C=O) groups excluding carboxylic acids is 3.